The van der Waals surface area contributed by atoms with Crippen LogP contribution in [0.5, 0.6) is 11.5 Å². The molecule has 0 aliphatic heterocycles. The number of nitrogens with one attached hydrogen (secondary N) is 2. The van der Waals surface area contributed by atoms with Gasteiger partial charge in [0.25, 0.3) is 0 Å². The van der Waals surface area contributed by atoms with Crippen molar-refractivity contribution < 1.29 is 32.6 Å². The number of alkyl halides is 3. The van der Waals surface area contributed by atoms with Crippen LogP contribution in [0, 0.1) is 0 Å². The molecule has 10 heteroatoms. The monoisotopic (exact) mass is 449 g/mol. The highest BCUT2D eigenvalue weighted by Crippen LogP contribution is 2.32. The molecule has 2 aromatic carbocycles. The van der Waals surface area contributed by atoms with Crippen molar-refractivity contribution in [2.75, 3.05) is 11.9 Å². The van der Waals surface area contributed by atoms with E-state index in [1.807, 2.05) is 0 Å². The first-order valence-corrected chi connectivity index (χ1v) is 9.52. The van der Waals surface area contributed by atoms with Crippen LogP contribution in [0.4, 0.5) is 18.9 Å². The van der Waals surface area contributed by atoms with Crippen molar-refractivity contribution in [1.82, 2.24) is 5.43 Å². The van der Waals surface area contributed by atoms with Crippen LogP contribution in [0.1, 0.15) is 30.0 Å². The highest BCUT2D eigenvalue weighted by atomic mass is 19.4. The summed E-state index contributed by atoms with van der Waals surface area (Å²) in [5.41, 5.74) is 2.25. The number of hydrogen-bond donors (Lipinski definition) is 3. The maximum absolute atomic E-state index is 12.7. The average Bonchev–Trinajstić information content (AvgIpc) is 2.71. The molecule has 3 N–H and O–H groups in total. The fourth-order valence-corrected chi connectivity index (χ4v) is 2.68. The lowest BCUT2D eigenvalue weighted by Crippen LogP contribution is -2.24. The quantitative estimate of drug-likeness (QED) is 0.233. The zero-order chi connectivity index (χ0) is 23.7. The number of halogens is 3. The number of benzene rings is 2. The van der Waals surface area contributed by atoms with Gasteiger partial charge < -0.3 is 15.2 Å². The number of phenolic OH excluding ortho intramolecular Hbond substituents is 1. The van der Waals surface area contributed by atoms with Gasteiger partial charge in [0, 0.05) is 11.3 Å². The van der Waals surface area contributed by atoms with Crippen LogP contribution >= 0.6 is 0 Å². The van der Waals surface area contributed by atoms with Gasteiger partial charge >= 0.3 is 6.18 Å². The van der Waals surface area contributed by atoms with Crippen LogP contribution in [0.15, 0.2) is 54.2 Å². The van der Waals surface area contributed by atoms with E-state index < -0.39 is 30.0 Å². The molecule has 2 amide bonds. The maximum Gasteiger partial charge on any atom is 0.416 e. The molecule has 2 aromatic rings. The number of hydrogen-bond acceptors (Lipinski definition) is 5. The number of rotatable bonds is 9. The van der Waals surface area contributed by atoms with Gasteiger partial charge in [-0.3, -0.25) is 9.59 Å². The van der Waals surface area contributed by atoms with Crippen molar-refractivity contribution in [2.24, 2.45) is 5.10 Å². The number of allylic oxidation sites excluding steroid dienone is 1. The number of carbonyl (C=O) groups is 2. The molecule has 170 valence electrons. The minimum Gasteiger partial charge on any atom is -0.504 e. The minimum absolute atomic E-state index is 0.0146. The summed E-state index contributed by atoms with van der Waals surface area (Å²) in [6.07, 6.45) is -1.90. The summed E-state index contributed by atoms with van der Waals surface area (Å²) in [4.78, 5) is 23.8. The lowest BCUT2D eigenvalue weighted by Gasteiger charge is -2.11. The molecule has 0 fully saturated rings. The molecule has 0 atom stereocenters. The van der Waals surface area contributed by atoms with E-state index >= 15 is 0 Å². The second-order valence-corrected chi connectivity index (χ2v) is 6.55. The van der Waals surface area contributed by atoms with Crippen LogP contribution in [0.2, 0.25) is 0 Å². The minimum atomic E-state index is -4.55. The second kappa shape index (κ2) is 11.0. The fraction of sp³-hybridized carbons (Fsp3) is 0.227. The Morgan fingerprint density at radius 1 is 1.22 bits per heavy atom. The van der Waals surface area contributed by atoms with Crippen molar-refractivity contribution >= 4 is 23.7 Å². The molecule has 0 radical (unpaired) electrons. The summed E-state index contributed by atoms with van der Waals surface area (Å²) in [5.74, 6) is -1.33. The topological polar surface area (TPSA) is 100 Å². The van der Waals surface area contributed by atoms with Crippen molar-refractivity contribution in [3.63, 3.8) is 0 Å². The number of hydrazone groups is 1. The SMILES string of the molecule is C=CCc1cc(/C=N/NC(=O)CC(=O)Nc2cccc(C(F)(F)F)c2)cc(OCC)c1O. The molecule has 0 saturated carbocycles. The van der Waals surface area contributed by atoms with Crippen molar-refractivity contribution in [3.8, 4) is 11.5 Å². The van der Waals surface area contributed by atoms with Gasteiger partial charge in [0.15, 0.2) is 11.5 Å². The summed E-state index contributed by atoms with van der Waals surface area (Å²) in [5, 5.41) is 16.2. The predicted octanol–water partition coefficient (Wildman–Crippen LogP) is 4.02. The smallest absolute Gasteiger partial charge is 0.416 e. The van der Waals surface area contributed by atoms with Crippen molar-refractivity contribution in [3.05, 3.63) is 65.7 Å². The van der Waals surface area contributed by atoms with Gasteiger partial charge in [-0.05, 0) is 49.2 Å². The maximum atomic E-state index is 12.7. The highest BCUT2D eigenvalue weighted by Gasteiger charge is 2.30. The Hall–Kier alpha value is -3.82. The summed E-state index contributed by atoms with van der Waals surface area (Å²) >= 11 is 0. The molecule has 0 unspecified atom stereocenters. The summed E-state index contributed by atoms with van der Waals surface area (Å²) in [6.45, 7) is 5.72. The lowest BCUT2D eigenvalue weighted by atomic mass is 10.1. The first-order chi connectivity index (χ1) is 15.1. The van der Waals surface area contributed by atoms with E-state index in [0.717, 1.165) is 18.2 Å². The van der Waals surface area contributed by atoms with Crippen molar-refractivity contribution in [2.45, 2.75) is 25.9 Å². The van der Waals surface area contributed by atoms with Crippen LogP contribution in [-0.4, -0.2) is 29.7 Å². The zero-order valence-electron chi connectivity index (χ0n) is 17.2. The van der Waals surface area contributed by atoms with E-state index in [1.165, 1.54) is 18.3 Å². The molecule has 0 bridgehead atoms. The molecular formula is C22H22F3N3O4. The van der Waals surface area contributed by atoms with Gasteiger partial charge in [-0.15, -0.1) is 6.58 Å². The second-order valence-electron chi connectivity index (χ2n) is 6.55. The molecule has 0 spiro atoms. The molecule has 7 nitrogen and oxygen atoms in total. The first-order valence-electron chi connectivity index (χ1n) is 9.52. The molecule has 0 aromatic heterocycles. The third-order valence-corrected chi connectivity index (χ3v) is 4.04. The van der Waals surface area contributed by atoms with Crippen LogP contribution in [0.3, 0.4) is 0 Å². The van der Waals surface area contributed by atoms with E-state index in [4.69, 9.17) is 4.74 Å². The third kappa shape index (κ3) is 7.15. The summed E-state index contributed by atoms with van der Waals surface area (Å²) in [7, 11) is 0. The Bertz CT molecular complexity index is 1020. The Morgan fingerprint density at radius 3 is 2.62 bits per heavy atom. The van der Waals surface area contributed by atoms with Gasteiger partial charge in [0.05, 0.1) is 18.4 Å². The van der Waals surface area contributed by atoms with Gasteiger partial charge in [0.2, 0.25) is 11.8 Å². The Labute approximate surface area is 182 Å². The number of nitrogens with zero attached hydrogens (tertiary/aromatic N) is 1. The van der Waals surface area contributed by atoms with E-state index in [-0.39, 0.29) is 17.2 Å². The van der Waals surface area contributed by atoms with Crippen molar-refractivity contribution in [1.29, 1.82) is 0 Å². The average molecular weight is 449 g/mol. The van der Waals surface area contributed by atoms with E-state index in [2.05, 4.69) is 22.4 Å². The predicted molar refractivity (Wildman–Crippen MR) is 114 cm³/mol. The lowest BCUT2D eigenvalue weighted by molar-refractivity contribution is -0.137. The number of ether oxygens (including phenoxy) is 1. The van der Waals surface area contributed by atoms with Gasteiger partial charge in [-0.1, -0.05) is 12.1 Å². The number of aromatic hydroxyl groups is 1. The molecule has 0 aliphatic carbocycles. The number of carbonyl (C=O) groups excluding carboxylic acids is 2. The largest absolute Gasteiger partial charge is 0.504 e. The zero-order valence-corrected chi connectivity index (χ0v) is 17.2. The van der Waals surface area contributed by atoms with Gasteiger partial charge in [-0.2, -0.15) is 18.3 Å². The standard InChI is InChI=1S/C22H22F3N3O4/c1-3-6-15-9-14(10-18(21(15)31)32-4-2)13-26-28-20(30)12-19(29)27-17-8-5-7-16(11-17)22(23,24)25/h3,5,7-11,13,31H,1,4,6,12H2,2H3,(H,27,29)(H,28,30)/b26-13+. The first kappa shape index (κ1) is 24.4. The normalized spacial score (nSPS) is 11.2. The molecular weight excluding hydrogens is 427 g/mol. The van der Waals surface area contributed by atoms with Gasteiger partial charge in [0.1, 0.15) is 6.42 Å². The van der Waals surface area contributed by atoms with Gasteiger partial charge in [-0.25, -0.2) is 5.43 Å². The molecule has 0 aliphatic rings. The van der Waals surface area contributed by atoms with Crippen LogP contribution in [0.25, 0.3) is 0 Å². The van der Waals surface area contributed by atoms with Crippen LogP contribution < -0.4 is 15.5 Å². The molecule has 2 rings (SSSR count). The number of phenols is 1. The van der Waals surface area contributed by atoms with E-state index in [9.17, 15) is 27.9 Å². The van der Waals surface area contributed by atoms with E-state index in [1.54, 1.807) is 19.1 Å². The summed E-state index contributed by atoms with van der Waals surface area (Å²) < 4.78 is 43.6. The molecule has 32 heavy (non-hydrogen) atoms. The number of anilines is 1. The van der Waals surface area contributed by atoms with Crippen LogP contribution in [-0.2, 0) is 22.2 Å². The Balaban J connectivity index is 1.98. The fourth-order valence-electron chi connectivity index (χ4n) is 2.68. The number of amides is 2. The molecule has 0 saturated heterocycles. The molecule has 0 heterocycles. The Kier molecular flexibility index (Phi) is 8.39. The summed E-state index contributed by atoms with van der Waals surface area (Å²) in [6, 6.07) is 7.24. The highest BCUT2D eigenvalue weighted by molar-refractivity contribution is 6.03. The Morgan fingerprint density at radius 2 is 1.97 bits per heavy atom. The van der Waals surface area contributed by atoms with E-state index in [0.29, 0.717) is 24.2 Å². The third-order valence-electron chi connectivity index (χ3n) is 4.04.